The molecule has 3 aromatic rings. The molecule has 6 heteroatoms. The van der Waals surface area contributed by atoms with Crippen molar-refractivity contribution < 1.29 is 14.3 Å². The van der Waals surface area contributed by atoms with Crippen LogP contribution in [0.1, 0.15) is 51.0 Å². The smallest absolute Gasteiger partial charge is 0.338 e. The van der Waals surface area contributed by atoms with Crippen LogP contribution in [-0.4, -0.2) is 42.1 Å². The molecular formula is C29H29N3O3. The van der Waals surface area contributed by atoms with E-state index in [-0.39, 0.29) is 11.4 Å². The van der Waals surface area contributed by atoms with Crippen LogP contribution in [-0.2, 0) is 23.2 Å². The van der Waals surface area contributed by atoms with Gasteiger partial charge in [-0.25, -0.2) is 9.78 Å². The molecule has 0 N–H and O–H groups in total. The van der Waals surface area contributed by atoms with E-state index in [4.69, 9.17) is 14.7 Å². The van der Waals surface area contributed by atoms with Crippen molar-refractivity contribution in [1.82, 2.24) is 9.88 Å². The molecular weight excluding hydrogens is 438 g/mol. The van der Waals surface area contributed by atoms with E-state index in [0.29, 0.717) is 30.2 Å². The quantitative estimate of drug-likeness (QED) is 0.473. The Bertz CT molecular complexity index is 1240. The molecule has 0 spiro atoms. The molecule has 0 amide bonds. The Morgan fingerprint density at radius 1 is 1.11 bits per heavy atom. The lowest BCUT2D eigenvalue weighted by Crippen LogP contribution is -2.46. The van der Waals surface area contributed by atoms with Crippen LogP contribution in [0.5, 0.6) is 5.88 Å². The summed E-state index contributed by atoms with van der Waals surface area (Å²) < 4.78 is 11.4. The van der Waals surface area contributed by atoms with E-state index in [0.717, 1.165) is 44.5 Å². The van der Waals surface area contributed by atoms with Crippen molar-refractivity contribution in [1.29, 1.82) is 5.26 Å². The maximum atomic E-state index is 11.8. The molecule has 0 radical (unpaired) electrons. The highest BCUT2D eigenvalue weighted by atomic mass is 16.5. The standard InChI is InChI=1S/C29H29N3O3/c1-21-23(8-9-25-26(21)19-34-28(25)33)11-14-32-15-12-29(13-16-32,24-5-3-2-4-6-24)20-35-27-10-7-22(17-30)18-31-27/h2-10,18H,11-16,19-20H2,1H3. The van der Waals surface area contributed by atoms with E-state index in [1.165, 1.54) is 16.7 Å². The van der Waals surface area contributed by atoms with E-state index >= 15 is 0 Å². The second-order valence-corrected chi connectivity index (χ2v) is 9.48. The molecule has 2 aliphatic heterocycles. The second-order valence-electron chi connectivity index (χ2n) is 9.48. The highest BCUT2D eigenvalue weighted by Gasteiger charge is 2.37. The number of fused-ring (bicyclic) bond motifs is 1. The third kappa shape index (κ3) is 4.78. The molecule has 3 heterocycles. The maximum absolute atomic E-state index is 11.8. The van der Waals surface area contributed by atoms with Crippen molar-refractivity contribution in [3.05, 3.63) is 94.2 Å². The molecule has 0 aliphatic carbocycles. The largest absolute Gasteiger partial charge is 0.477 e. The molecule has 0 bridgehead atoms. The number of ether oxygens (including phenoxy) is 2. The van der Waals surface area contributed by atoms with Crippen molar-refractivity contribution >= 4 is 5.97 Å². The summed E-state index contributed by atoms with van der Waals surface area (Å²) >= 11 is 0. The van der Waals surface area contributed by atoms with Crippen LogP contribution in [0.15, 0.2) is 60.8 Å². The van der Waals surface area contributed by atoms with Gasteiger partial charge in [0.2, 0.25) is 5.88 Å². The Labute approximate surface area is 206 Å². The van der Waals surface area contributed by atoms with Gasteiger partial charge in [-0.3, -0.25) is 0 Å². The van der Waals surface area contributed by atoms with Crippen molar-refractivity contribution in [2.45, 2.75) is 38.2 Å². The monoisotopic (exact) mass is 467 g/mol. The molecule has 0 saturated carbocycles. The van der Waals surface area contributed by atoms with Crippen LogP contribution in [0.3, 0.4) is 0 Å². The molecule has 2 aromatic carbocycles. The van der Waals surface area contributed by atoms with Gasteiger partial charge in [-0.1, -0.05) is 36.4 Å². The number of aromatic nitrogens is 1. The summed E-state index contributed by atoms with van der Waals surface area (Å²) in [4.78, 5) is 18.6. The number of likely N-dealkylation sites (tertiary alicyclic amines) is 1. The van der Waals surface area contributed by atoms with E-state index in [1.54, 1.807) is 18.3 Å². The minimum atomic E-state index is -0.207. The molecule has 0 unspecified atom stereocenters. The molecule has 6 nitrogen and oxygen atoms in total. The number of pyridine rings is 1. The second kappa shape index (κ2) is 9.89. The number of carbonyl (C=O) groups excluding carboxylic acids is 1. The molecule has 35 heavy (non-hydrogen) atoms. The Balaban J connectivity index is 1.24. The number of cyclic esters (lactones) is 1. The number of nitrogens with zero attached hydrogens (tertiary/aromatic N) is 3. The molecule has 1 saturated heterocycles. The Morgan fingerprint density at radius 2 is 1.91 bits per heavy atom. The van der Waals surface area contributed by atoms with Crippen molar-refractivity contribution in [2.75, 3.05) is 26.2 Å². The number of rotatable bonds is 7. The number of benzene rings is 2. The Hall–Kier alpha value is -3.69. The van der Waals surface area contributed by atoms with Gasteiger partial charge in [-0.05, 0) is 68.1 Å². The van der Waals surface area contributed by atoms with Crippen LogP contribution in [0.4, 0.5) is 0 Å². The van der Waals surface area contributed by atoms with Gasteiger partial charge in [0.05, 0.1) is 17.7 Å². The molecule has 1 aromatic heterocycles. The van der Waals surface area contributed by atoms with Gasteiger partial charge < -0.3 is 14.4 Å². The topological polar surface area (TPSA) is 75.4 Å². The number of hydrogen-bond donors (Lipinski definition) is 0. The lowest BCUT2D eigenvalue weighted by Gasteiger charge is -2.42. The molecule has 2 aliphatic rings. The fourth-order valence-electron chi connectivity index (χ4n) is 5.20. The van der Waals surface area contributed by atoms with Gasteiger partial charge in [0.25, 0.3) is 0 Å². The number of carbonyl (C=O) groups is 1. The Kier molecular flexibility index (Phi) is 6.52. The average molecular weight is 468 g/mol. The fraction of sp³-hybridized carbons (Fsp3) is 0.345. The minimum Gasteiger partial charge on any atom is -0.477 e. The van der Waals surface area contributed by atoms with Crippen molar-refractivity contribution in [3.8, 4) is 11.9 Å². The fourth-order valence-corrected chi connectivity index (χ4v) is 5.20. The first-order valence-corrected chi connectivity index (χ1v) is 12.1. The van der Waals surface area contributed by atoms with Gasteiger partial charge in [-0.15, -0.1) is 0 Å². The number of hydrogen-bond acceptors (Lipinski definition) is 6. The van der Waals surface area contributed by atoms with Gasteiger partial charge >= 0.3 is 5.97 Å². The number of piperidine rings is 1. The zero-order valence-electron chi connectivity index (χ0n) is 20.0. The number of nitriles is 1. The number of esters is 1. The summed E-state index contributed by atoms with van der Waals surface area (Å²) in [6.07, 6.45) is 4.50. The van der Waals surface area contributed by atoms with Crippen LogP contribution in [0, 0.1) is 18.3 Å². The van der Waals surface area contributed by atoms with E-state index in [9.17, 15) is 4.79 Å². The zero-order chi connectivity index (χ0) is 24.3. The van der Waals surface area contributed by atoms with Crippen LogP contribution >= 0.6 is 0 Å². The van der Waals surface area contributed by atoms with Crippen LogP contribution in [0.2, 0.25) is 0 Å². The summed E-state index contributed by atoms with van der Waals surface area (Å²) in [5.41, 5.74) is 5.99. The molecule has 178 valence electrons. The van der Waals surface area contributed by atoms with Gasteiger partial charge in [0.15, 0.2) is 0 Å². The first-order chi connectivity index (χ1) is 17.1. The zero-order valence-corrected chi connectivity index (χ0v) is 20.0. The van der Waals surface area contributed by atoms with Crippen molar-refractivity contribution in [2.24, 2.45) is 0 Å². The van der Waals surface area contributed by atoms with Crippen LogP contribution in [0.25, 0.3) is 0 Å². The maximum Gasteiger partial charge on any atom is 0.338 e. The summed E-state index contributed by atoms with van der Waals surface area (Å²) in [6.45, 7) is 6.01. The highest BCUT2D eigenvalue weighted by molar-refractivity contribution is 5.93. The SMILES string of the molecule is Cc1c(CCN2CCC(COc3ccc(C#N)cn3)(c3ccccc3)CC2)ccc2c1COC2=O. The lowest BCUT2D eigenvalue weighted by molar-refractivity contribution is 0.0535. The van der Waals surface area contributed by atoms with Crippen LogP contribution < -0.4 is 4.74 Å². The van der Waals surface area contributed by atoms with E-state index < -0.39 is 0 Å². The van der Waals surface area contributed by atoms with Gasteiger partial charge in [0.1, 0.15) is 12.7 Å². The predicted molar refractivity (Wildman–Crippen MR) is 132 cm³/mol. The third-order valence-corrected chi connectivity index (χ3v) is 7.54. The minimum absolute atomic E-state index is 0.0749. The predicted octanol–water partition coefficient (Wildman–Crippen LogP) is 4.59. The van der Waals surface area contributed by atoms with E-state index in [2.05, 4.69) is 53.2 Å². The van der Waals surface area contributed by atoms with E-state index in [1.807, 2.05) is 12.1 Å². The Morgan fingerprint density at radius 3 is 2.63 bits per heavy atom. The normalized spacial score (nSPS) is 16.9. The highest BCUT2D eigenvalue weighted by Crippen LogP contribution is 2.36. The average Bonchev–Trinajstić information content (AvgIpc) is 3.30. The molecule has 1 fully saturated rings. The molecule has 5 rings (SSSR count). The van der Waals surface area contributed by atoms with Gasteiger partial charge in [0, 0.05) is 29.8 Å². The first kappa shape index (κ1) is 23.1. The van der Waals surface area contributed by atoms with Crippen molar-refractivity contribution in [3.63, 3.8) is 0 Å². The first-order valence-electron chi connectivity index (χ1n) is 12.1. The molecule has 0 atom stereocenters. The summed E-state index contributed by atoms with van der Waals surface area (Å²) in [6, 6.07) is 20.2. The van der Waals surface area contributed by atoms with Gasteiger partial charge in [-0.2, -0.15) is 5.26 Å². The summed E-state index contributed by atoms with van der Waals surface area (Å²) in [5.74, 6) is 0.345. The summed E-state index contributed by atoms with van der Waals surface area (Å²) in [7, 11) is 0. The lowest BCUT2D eigenvalue weighted by atomic mass is 9.73. The summed E-state index contributed by atoms with van der Waals surface area (Å²) in [5, 5.41) is 9.01. The third-order valence-electron chi connectivity index (χ3n) is 7.54.